The van der Waals surface area contributed by atoms with Crippen LogP contribution in [0.1, 0.15) is 19.4 Å². The first-order chi connectivity index (χ1) is 10.3. The molecule has 1 rings (SSSR count). The molecular weight excluding hydrogens is 342 g/mol. The van der Waals surface area contributed by atoms with Crippen LogP contribution in [0.2, 0.25) is 0 Å². The van der Waals surface area contributed by atoms with Crippen LogP contribution in [-0.2, 0) is 10.5 Å². The van der Waals surface area contributed by atoms with Gasteiger partial charge in [0, 0.05) is 23.9 Å². The molecule has 7 nitrogen and oxygen atoms in total. The van der Waals surface area contributed by atoms with Crippen LogP contribution < -0.4 is 15.8 Å². The van der Waals surface area contributed by atoms with Crippen molar-refractivity contribution in [1.29, 1.82) is 0 Å². The topological polar surface area (TPSA) is 107 Å². The highest BCUT2D eigenvalue weighted by atomic mass is 35.5. The number of nitrogens with zero attached hydrogens (tertiary/aromatic N) is 1. The third kappa shape index (κ3) is 7.06. The van der Waals surface area contributed by atoms with Gasteiger partial charge in [-0.3, -0.25) is 14.9 Å². The number of benzene rings is 1. The number of rotatable bonds is 8. The number of amides is 1. The summed E-state index contributed by atoms with van der Waals surface area (Å²) in [6.45, 7) is 4.05. The maximum Gasteiger partial charge on any atom is 0.311 e. The molecule has 0 atom stereocenters. The lowest BCUT2D eigenvalue weighted by Crippen LogP contribution is -2.49. The van der Waals surface area contributed by atoms with Gasteiger partial charge in [-0.15, -0.1) is 24.2 Å². The lowest BCUT2D eigenvalue weighted by molar-refractivity contribution is -0.385. The number of carbonyl (C=O) groups excluding carboxylic acids is 1. The van der Waals surface area contributed by atoms with Gasteiger partial charge in [0.25, 0.3) is 0 Å². The highest BCUT2D eigenvalue weighted by molar-refractivity contribution is 7.99. The summed E-state index contributed by atoms with van der Waals surface area (Å²) in [4.78, 5) is 22.2. The van der Waals surface area contributed by atoms with E-state index < -0.39 is 10.5 Å². The summed E-state index contributed by atoms with van der Waals surface area (Å²) in [5.74, 6) is 0.884. The average Bonchev–Trinajstić information content (AvgIpc) is 2.46. The van der Waals surface area contributed by atoms with Gasteiger partial charge < -0.3 is 15.8 Å². The first-order valence-electron chi connectivity index (χ1n) is 6.69. The van der Waals surface area contributed by atoms with Crippen molar-refractivity contribution in [3.63, 3.8) is 0 Å². The fourth-order valence-electron chi connectivity index (χ4n) is 1.69. The summed E-state index contributed by atoms with van der Waals surface area (Å²) < 4.78 is 4.95. The fourth-order valence-corrected chi connectivity index (χ4v) is 2.47. The molecule has 0 spiro atoms. The Bertz CT molecular complexity index is 555. The predicted molar refractivity (Wildman–Crippen MR) is 94.3 cm³/mol. The fraction of sp³-hybridized carbons (Fsp3) is 0.500. The third-order valence-electron chi connectivity index (χ3n) is 2.93. The van der Waals surface area contributed by atoms with E-state index in [4.69, 9.17) is 10.5 Å². The number of halogens is 1. The molecule has 0 unspecified atom stereocenters. The Balaban J connectivity index is 0.00000484. The Morgan fingerprint density at radius 2 is 2.13 bits per heavy atom. The van der Waals surface area contributed by atoms with Gasteiger partial charge in [0.2, 0.25) is 5.91 Å². The van der Waals surface area contributed by atoms with E-state index in [1.807, 2.05) is 13.8 Å². The highest BCUT2D eigenvalue weighted by Gasteiger charge is 2.18. The van der Waals surface area contributed by atoms with Crippen LogP contribution in [0.15, 0.2) is 18.2 Å². The molecule has 0 aliphatic rings. The third-order valence-corrected chi connectivity index (χ3v) is 3.93. The smallest absolute Gasteiger partial charge is 0.311 e. The summed E-state index contributed by atoms with van der Waals surface area (Å²) >= 11 is 1.38. The Morgan fingerprint density at radius 3 is 2.65 bits per heavy atom. The van der Waals surface area contributed by atoms with Crippen LogP contribution in [-0.4, -0.2) is 35.8 Å². The molecule has 1 amide bonds. The van der Waals surface area contributed by atoms with E-state index in [0.29, 0.717) is 12.3 Å². The second-order valence-electron chi connectivity index (χ2n) is 5.39. The number of methoxy groups -OCH3 is 1. The second kappa shape index (κ2) is 9.59. The van der Waals surface area contributed by atoms with Gasteiger partial charge in [0.1, 0.15) is 0 Å². The zero-order valence-electron chi connectivity index (χ0n) is 13.3. The van der Waals surface area contributed by atoms with Crippen molar-refractivity contribution >= 4 is 35.8 Å². The van der Waals surface area contributed by atoms with Crippen molar-refractivity contribution in [3.8, 4) is 5.75 Å². The van der Waals surface area contributed by atoms with Crippen molar-refractivity contribution in [3.05, 3.63) is 33.9 Å². The molecule has 3 N–H and O–H groups in total. The molecule has 0 heterocycles. The molecule has 0 aliphatic carbocycles. The minimum atomic E-state index is -0.483. The molecule has 0 fully saturated rings. The Kier molecular flexibility index (Phi) is 8.96. The predicted octanol–water partition coefficient (Wildman–Crippen LogP) is 2.11. The zero-order chi connectivity index (χ0) is 16.8. The molecule has 9 heteroatoms. The zero-order valence-corrected chi connectivity index (χ0v) is 15.0. The van der Waals surface area contributed by atoms with E-state index >= 15 is 0 Å². The number of nitrogens with one attached hydrogen (secondary N) is 1. The Morgan fingerprint density at radius 1 is 1.48 bits per heavy atom. The van der Waals surface area contributed by atoms with Gasteiger partial charge in [0.15, 0.2) is 5.75 Å². The number of nitro benzene ring substituents is 1. The molecule has 1 aromatic carbocycles. The minimum absolute atomic E-state index is 0. The van der Waals surface area contributed by atoms with Crippen molar-refractivity contribution in [1.82, 2.24) is 5.32 Å². The van der Waals surface area contributed by atoms with Crippen LogP contribution >= 0.6 is 24.2 Å². The maximum atomic E-state index is 11.8. The first-order valence-corrected chi connectivity index (χ1v) is 7.84. The van der Waals surface area contributed by atoms with Gasteiger partial charge in [-0.25, -0.2) is 0 Å². The van der Waals surface area contributed by atoms with Crippen LogP contribution in [0.25, 0.3) is 0 Å². The van der Waals surface area contributed by atoms with E-state index in [9.17, 15) is 14.9 Å². The molecule has 0 saturated heterocycles. The number of thioether (sulfide) groups is 1. The van der Waals surface area contributed by atoms with Gasteiger partial charge in [-0.05, 0) is 25.5 Å². The quantitative estimate of drug-likeness (QED) is 0.541. The van der Waals surface area contributed by atoms with E-state index in [2.05, 4.69) is 5.32 Å². The molecular formula is C14H22ClN3O4S. The molecule has 130 valence electrons. The van der Waals surface area contributed by atoms with Crippen molar-refractivity contribution < 1.29 is 14.5 Å². The van der Waals surface area contributed by atoms with Crippen LogP contribution in [0.4, 0.5) is 5.69 Å². The number of hydrogen-bond acceptors (Lipinski definition) is 6. The number of nitrogens with two attached hydrogens (primary N) is 1. The SMILES string of the molecule is COc1ccc(CSCC(=O)NC(C)(C)CN)cc1[N+](=O)[O-].Cl. The van der Waals surface area contributed by atoms with Crippen molar-refractivity contribution in [2.24, 2.45) is 5.73 Å². The number of hydrogen-bond donors (Lipinski definition) is 2. The first kappa shape index (κ1) is 21.5. The van der Waals surface area contributed by atoms with Crippen LogP contribution in [0.3, 0.4) is 0 Å². The van der Waals surface area contributed by atoms with Crippen LogP contribution in [0, 0.1) is 10.1 Å². The molecule has 1 aromatic rings. The number of ether oxygens (including phenoxy) is 1. The molecule has 0 aliphatic heterocycles. The average molecular weight is 364 g/mol. The molecule has 0 saturated carbocycles. The Labute approximate surface area is 145 Å². The normalized spacial score (nSPS) is 10.6. The number of nitro groups is 1. The van der Waals surface area contributed by atoms with E-state index in [1.54, 1.807) is 12.1 Å². The van der Waals surface area contributed by atoms with Crippen molar-refractivity contribution in [2.45, 2.75) is 25.1 Å². The van der Waals surface area contributed by atoms with Crippen LogP contribution in [0.5, 0.6) is 5.75 Å². The van der Waals surface area contributed by atoms with Gasteiger partial charge >= 0.3 is 5.69 Å². The number of carbonyl (C=O) groups is 1. The summed E-state index contributed by atoms with van der Waals surface area (Å²) in [6.07, 6.45) is 0. The largest absolute Gasteiger partial charge is 0.490 e. The lowest BCUT2D eigenvalue weighted by Gasteiger charge is -2.24. The molecule has 0 radical (unpaired) electrons. The lowest BCUT2D eigenvalue weighted by atomic mass is 10.1. The van der Waals surface area contributed by atoms with Gasteiger partial charge in [-0.1, -0.05) is 6.07 Å². The highest BCUT2D eigenvalue weighted by Crippen LogP contribution is 2.28. The summed E-state index contributed by atoms with van der Waals surface area (Å²) in [7, 11) is 1.39. The Hall–Kier alpha value is -1.51. The monoisotopic (exact) mass is 363 g/mol. The van der Waals surface area contributed by atoms with Gasteiger partial charge in [-0.2, -0.15) is 0 Å². The molecule has 0 aromatic heterocycles. The summed E-state index contributed by atoms with van der Waals surface area (Å²) in [5.41, 5.74) is 5.81. The standard InChI is InChI=1S/C14H21N3O4S.ClH/c1-14(2,9-15)16-13(18)8-22-7-10-4-5-12(21-3)11(6-10)17(19)20;/h4-6H,7-9,15H2,1-3H3,(H,16,18);1H. The van der Waals surface area contributed by atoms with E-state index in [1.165, 1.54) is 24.9 Å². The second-order valence-corrected chi connectivity index (χ2v) is 6.38. The maximum absolute atomic E-state index is 11.8. The van der Waals surface area contributed by atoms with Gasteiger partial charge in [0.05, 0.1) is 17.8 Å². The molecule has 23 heavy (non-hydrogen) atoms. The van der Waals surface area contributed by atoms with E-state index in [-0.39, 0.29) is 35.5 Å². The van der Waals surface area contributed by atoms with E-state index in [0.717, 1.165) is 5.56 Å². The molecule has 0 bridgehead atoms. The summed E-state index contributed by atoms with van der Waals surface area (Å²) in [6, 6.07) is 4.78. The van der Waals surface area contributed by atoms with Crippen molar-refractivity contribution in [2.75, 3.05) is 19.4 Å². The minimum Gasteiger partial charge on any atom is -0.490 e. The summed E-state index contributed by atoms with van der Waals surface area (Å²) in [5, 5.41) is 13.8.